The molecule has 0 radical (unpaired) electrons. The maximum absolute atomic E-state index is 10.9. The lowest BCUT2D eigenvalue weighted by atomic mass is 10.1. The van der Waals surface area contributed by atoms with Gasteiger partial charge in [-0.3, -0.25) is 14.8 Å². The number of carboxylic acids is 1. The third-order valence-corrected chi connectivity index (χ3v) is 3.50. The summed E-state index contributed by atoms with van der Waals surface area (Å²) < 4.78 is 0. The highest BCUT2D eigenvalue weighted by molar-refractivity contribution is 5.75. The average molecular weight is 254 g/mol. The summed E-state index contributed by atoms with van der Waals surface area (Å²) in [6, 6.07) is 7.77. The molecule has 1 aliphatic carbocycles. The molecule has 2 heterocycles. The molecular formula is C15H14N2O2. The first-order valence-electron chi connectivity index (χ1n) is 6.27. The van der Waals surface area contributed by atoms with Crippen LogP contribution in [0.1, 0.15) is 23.5 Å². The van der Waals surface area contributed by atoms with Crippen molar-refractivity contribution in [1.29, 1.82) is 0 Å². The van der Waals surface area contributed by atoms with E-state index in [1.165, 1.54) is 0 Å². The van der Waals surface area contributed by atoms with E-state index in [1.54, 1.807) is 12.4 Å². The fourth-order valence-electron chi connectivity index (χ4n) is 2.33. The monoisotopic (exact) mass is 254 g/mol. The molecule has 19 heavy (non-hydrogen) atoms. The number of nitrogens with zero attached hydrogens (tertiary/aromatic N) is 2. The SMILES string of the molecule is Cc1ccnc(-c2cc(C3CC3C(=O)O)ccn2)c1. The van der Waals surface area contributed by atoms with Gasteiger partial charge in [-0.1, -0.05) is 0 Å². The highest BCUT2D eigenvalue weighted by Crippen LogP contribution is 2.47. The molecule has 1 aliphatic rings. The Kier molecular flexibility index (Phi) is 2.78. The topological polar surface area (TPSA) is 63.1 Å². The van der Waals surface area contributed by atoms with Crippen LogP contribution in [0.25, 0.3) is 11.4 Å². The predicted octanol–water partition coefficient (Wildman–Crippen LogP) is 2.64. The van der Waals surface area contributed by atoms with Crippen LogP contribution in [0.15, 0.2) is 36.7 Å². The number of aryl methyl sites for hydroxylation is 1. The molecule has 2 aromatic rings. The molecule has 0 saturated heterocycles. The van der Waals surface area contributed by atoms with Gasteiger partial charge in [0, 0.05) is 12.4 Å². The zero-order chi connectivity index (χ0) is 13.4. The van der Waals surface area contributed by atoms with Crippen LogP contribution in [-0.4, -0.2) is 21.0 Å². The first-order valence-corrected chi connectivity index (χ1v) is 6.27. The normalized spacial score (nSPS) is 21.1. The second-order valence-corrected chi connectivity index (χ2v) is 4.98. The van der Waals surface area contributed by atoms with E-state index < -0.39 is 5.97 Å². The summed E-state index contributed by atoms with van der Waals surface area (Å²) in [5, 5.41) is 8.98. The average Bonchev–Trinajstić information content (AvgIpc) is 3.19. The maximum atomic E-state index is 10.9. The summed E-state index contributed by atoms with van der Waals surface area (Å²) in [7, 11) is 0. The first kappa shape index (κ1) is 11.8. The van der Waals surface area contributed by atoms with Crippen molar-refractivity contribution < 1.29 is 9.90 Å². The summed E-state index contributed by atoms with van der Waals surface area (Å²) in [6.07, 6.45) is 4.21. The smallest absolute Gasteiger partial charge is 0.307 e. The third-order valence-electron chi connectivity index (χ3n) is 3.50. The third kappa shape index (κ3) is 2.34. The van der Waals surface area contributed by atoms with E-state index in [9.17, 15) is 4.79 Å². The van der Waals surface area contributed by atoms with E-state index in [1.807, 2.05) is 31.2 Å². The molecule has 4 nitrogen and oxygen atoms in total. The second-order valence-electron chi connectivity index (χ2n) is 4.98. The van der Waals surface area contributed by atoms with Crippen molar-refractivity contribution in [3.05, 3.63) is 47.8 Å². The number of aliphatic carboxylic acids is 1. The highest BCUT2D eigenvalue weighted by atomic mass is 16.4. The largest absolute Gasteiger partial charge is 0.481 e. The molecule has 0 aromatic carbocycles. The fourth-order valence-corrected chi connectivity index (χ4v) is 2.33. The van der Waals surface area contributed by atoms with E-state index in [2.05, 4.69) is 9.97 Å². The van der Waals surface area contributed by atoms with Crippen molar-refractivity contribution in [3.8, 4) is 11.4 Å². The van der Waals surface area contributed by atoms with Crippen molar-refractivity contribution in [2.24, 2.45) is 5.92 Å². The van der Waals surface area contributed by atoms with Gasteiger partial charge in [-0.2, -0.15) is 0 Å². The van der Waals surface area contributed by atoms with Gasteiger partial charge in [-0.05, 0) is 54.7 Å². The fraction of sp³-hybridized carbons (Fsp3) is 0.267. The van der Waals surface area contributed by atoms with Crippen LogP contribution in [0.4, 0.5) is 0 Å². The van der Waals surface area contributed by atoms with Gasteiger partial charge in [0.05, 0.1) is 17.3 Å². The minimum absolute atomic E-state index is 0.129. The molecule has 0 aliphatic heterocycles. The lowest BCUT2D eigenvalue weighted by Gasteiger charge is -2.04. The number of aromatic nitrogens is 2. The summed E-state index contributed by atoms with van der Waals surface area (Å²) in [5.74, 6) is -0.818. The van der Waals surface area contributed by atoms with E-state index in [0.29, 0.717) is 0 Å². The molecule has 2 unspecified atom stereocenters. The molecule has 2 aromatic heterocycles. The van der Waals surface area contributed by atoms with Crippen LogP contribution >= 0.6 is 0 Å². The summed E-state index contributed by atoms with van der Waals surface area (Å²) in [6.45, 7) is 2.01. The minimum Gasteiger partial charge on any atom is -0.481 e. The Hall–Kier alpha value is -2.23. The summed E-state index contributed by atoms with van der Waals surface area (Å²) in [4.78, 5) is 19.5. The highest BCUT2D eigenvalue weighted by Gasteiger charge is 2.44. The zero-order valence-corrected chi connectivity index (χ0v) is 10.6. The maximum Gasteiger partial charge on any atom is 0.307 e. The second kappa shape index (κ2) is 4.46. The van der Waals surface area contributed by atoms with E-state index >= 15 is 0 Å². The molecule has 1 fully saturated rings. The Bertz CT molecular complexity index is 640. The molecule has 96 valence electrons. The van der Waals surface area contributed by atoms with Gasteiger partial charge >= 0.3 is 5.97 Å². The zero-order valence-electron chi connectivity index (χ0n) is 10.6. The van der Waals surface area contributed by atoms with Crippen molar-refractivity contribution in [1.82, 2.24) is 9.97 Å². The Labute approximate surface area is 111 Å². The van der Waals surface area contributed by atoms with Crippen molar-refractivity contribution in [3.63, 3.8) is 0 Å². The Morgan fingerprint density at radius 3 is 2.53 bits per heavy atom. The van der Waals surface area contributed by atoms with Crippen LogP contribution in [0.3, 0.4) is 0 Å². The quantitative estimate of drug-likeness (QED) is 0.914. The van der Waals surface area contributed by atoms with Crippen LogP contribution in [-0.2, 0) is 4.79 Å². The van der Waals surface area contributed by atoms with Crippen molar-refractivity contribution in [2.75, 3.05) is 0 Å². The number of carbonyl (C=O) groups is 1. The van der Waals surface area contributed by atoms with Crippen LogP contribution < -0.4 is 0 Å². The first-order chi connectivity index (χ1) is 9.15. The Morgan fingerprint density at radius 2 is 1.89 bits per heavy atom. The number of pyridine rings is 2. The molecule has 4 heteroatoms. The molecule has 1 saturated carbocycles. The van der Waals surface area contributed by atoms with Crippen molar-refractivity contribution in [2.45, 2.75) is 19.3 Å². The number of rotatable bonds is 3. The standard InChI is InChI=1S/C15H14N2O2/c1-9-2-4-16-13(6-9)14-7-10(3-5-17-14)11-8-12(11)15(18)19/h2-7,11-12H,8H2,1H3,(H,18,19). The lowest BCUT2D eigenvalue weighted by molar-refractivity contribution is -0.138. The Balaban J connectivity index is 1.91. The molecule has 1 N–H and O–H groups in total. The molecule has 0 spiro atoms. The van der Waals surface area contributed by atoms with Crippen LogP contribution in [0.2, 0.25) is 0 Å². The molecule has 0 amide bonds. The number of hydrogen-bond donors (Lipinski definition) is 1. The van der Waals surface area contributed by atoms with E-state index in [0.717, 1.165) is 28.9 Å². The molecule has 3 rings (SSSR count). The van der Waals surface area contributed by atoms with Crippen molar-refractivity contribution >= 4 is 5.97 Å². The van der Waals surface area contributed by atoms with Gasteiger partial charge in [0.25, 0.3) is 0 Å². The summed E-state index contributed by atoms with van der Waals surface area (Å²) >= 11 is 0. The van der Waals surface area contributed by atoms with Gasteiger partial charge in [-0.15, -0.1) is 0 Å². The summed E-state index contributed by atoms with van der Waals surface area (Å²) in [5.41, 5.74) is 3.80. The van der Waals surface area contributed by atoms with Crippen LogP contribution in [0.5, 0.6) is 0 Å². The van der Waals surface area contributed by atoms with E-state index in [4.69, 9.17) is 5.11 Å². The van der Waals surface area contributed by atoms with Gasteiger partial charge in [0.1, 0.15) is 0 Å². The number of carboxylic acid groups (broad SMARTS) is 1. The van der Waals surface area contributed by atoms with Crippen LogP contribution in [0, 0.1) is 12.8 Å². The predicted molar refractivity (Wildman–Crippen MR) is 70.7 cm³/mol. The van der Waals surface area contributed by atoms with E-state index in [-0.39, 0.29) is 11.8 Å². The number of hydrogen-bond acceptors (Lipinski definition) is 3. The molecule has 0 bridgehead atoms. The Morgan fingerprint density at radius 1 is 1.21 bits per heavy atom. The molecular weight excluding hydrogens is 240 g/mol. The minimum atomic E-state index is -0.711. The lowest BCUT2D eigenvalue weighted by Crippen LogP contribution is -1.99. The van der Waals surface area contributed by atoms with Gasteiger partial charge in [-0.25, -0.2) is 0 Å². The van der Waals surface area contributed by atoms with Gasteiger partial charge < -0.3 is 5.11 Å². The molecule has 2 atom stereocenters. The van der Waals surface area contributed by atoms with Gasteiger partial charge in [0.15, 0.2) is 0 Å². The van der Waals surface area contributed by atoms with Gasteiger partial charge in [0.2, 0.25) is 0 Å².